The van der Waals surface area contributed by atoms with E-state index in [1.54, 1.807) is 25.2 Å². The lowest BCUT2D eigenvalue weighted by Crippen LogP contribution is -2.48. The molecule has 3 heterocycles. The number of benzene rings is 1. The second kappa shape index (κ2) is 5.88. The molecule has 2 atom stereocenters. The van der Waals surface area contributed by atoms with Crippen molar-refractivity contribution in [1.29, 1.82) is 0 Å². The van der Waals surface area contributed by atoms with Gasteiger partial charge in [0.25, 0.3) is 11.5 Å². The number of carbonyl (C=O) groups is 1. The number of piperidine rings is 1. The first kappa shape index (κ1) is 16.1. The van der Waals surface area contributed by atoms with E-state index >= 15 is 0 Å². The van der Waals surface area contributed by atoms with Gasteiger partial charge in [0.1, 0.15) is 0 Å². The summed E-state index contributed by atoms with van der Waals surface area (Å²) in [6.45, 7) is 0. The van der Waals surface area contributed by atoms with Crippen molar-refractivity contribution in [1.82, 2.24) is 14.8 Å². The minimum absolute atomic E-state index is 0.0865. The number of aromatic hydroxyl groups is 1. The van der Waals surface area contributed by atoms with E-state index in [1.807, 2.05) is 6.07 Å². The van der Waals surface area contributed by atoms with Gasteiger partial charge in [-0.15, -0.1) is 0 Å². The van der Waals surface area contributed by atoms with Crippen LogP contribution in [0.5, 0.6) is 5.75 Å². The zero-order valence-corrected chi connectivity index (χ0v) is 14.5. The van der Waals surface area contributed by atoms with Crippen LogP contribution in [0, 0.1) is 0 Å². The van der Waals surface area contributed by atoms with Gasteiger partial charge in [-0.1, -0.05) is 18.2 Å². The van der Waals surface area contributed by atoms with Crippen LogP contribution < -0.4 is 10.9 Å². The van der Waals surface area contributed by atoms with Crippen molar-refractivity contribution in [2.24, 2.45) is 7.05 Å². The number of rotatable bonds is 2. The number of nitrogens with one attached hydrogen (secondary N) is 1. The van der Waals surface area contributed by atoms with E-state index in [1.165, 1.54) is 17.4 Å². The lowest BCUT2D eigenvalue weighted by Gasteiger charge is -2.36. The Morgan fingerprint density at radius 3 is 2.48 bits per heavy atom. The molecule has 0 saturated carbocycles. The SMILES string of the molecule is CN1C2CCC1CC(NC(=O)c1c(O)c(=O)n(C)c3ccccc13)C2. The first-order valence-electron chi connectivity index (χ1n) is 8.81. The number of pyridine rings is 1. The predicted octanol–water partition coefficient (Wildman–Crippen LogP) is 1.60. The van der Waals surface area contributed by atoms with E-state index in [-0.39, 0.29) is 17.5 Å². The van der Waals surface area contributed by atoms with Crippen molar-refractivity contribution >= 4 is 16.8 Å². The zero-order valence-electron chi connectivity index (χ0n) is 14.5. The lowest BCUT2D eigenvalue weighted by molar-refractivity contribution is 0.0881. The van der Waals surface area contributed by atoms with Crippen molar-refractivity contribution in [3.8, 4) is 5.75 Å². The summed E-state index contributed by atoms with van der Waals surface area (Å²) in [6, 6.07) is 8.28. The number of nitrogens with zero attached hydrogens (tertiary/aromatic N) is 2. The lowest BCUT2D eigenvalue weighted by atomic mass is 9.97. The maximum atomic E-state index is 12.9. The molecule has 1 aromatic carbocycles. The van der Waals surface area contributed by atoms with Gasteiger partial charge in [-0.25, -0.2) is 0 Å². The Morgan fingerprint density at radius 1 is 1.16 bits per heavy atom. The predicted molar refractivity (Wildman–Crippen MR) is 95.9 cm³/mol. The van der Waals surface area contributed by atoms with E-state index in [4.69, 9.17) is 0 Å². The first-order valence-corrected chi connectivity index (χ1v) is 8.81. The molecule has 2 aliphatic rings. The highest BCUT2D eigenvalue weighted by Crippen LogP contribution is 2.34. The molecule has 1 amide bonds. The molecule has 132 valence electrons. The van der Waals surface area contributed by atoms with Gasteiger partial charge in [-0.05, 0) is 38.8 Å². The van der Waals surface area contributed by atoms with Gasteiger partial charge in [-0.2, -0.15) is 0 Å². The molecule has 2 saturated heterocycles. The Hall–Kier alpha value is -2.34. The zero-order chi connectivity index (χ0) is 17.7. The van der Waals surface area contributed by atoms with Crippen LogP contribution in [0.2, 0.25) is 0 Å². The fourth-order valence-electron chi connectivity index (χ4n) is 4.50. The maximum absolute atomic E-state index is 12.9. The molecule has 2 fully saturated rings. The summed E-state index contributed by atoms with van der Waals surface area (Å²) < 4.78 is 1.37. The van der Waals surface area contributed by atoms with Gasteiger partial charge >= 0.3 is 0 Å². The van der Waals surface area contributed by atoms with E-state index in [9.17, 15) is 14.7 Å². The summed E-state index contributed by atoms with van der Waals surface area (Å²) >= 11 is 0. The summed E-state index contributed by atoms with van der Waals surface area (Å²) in [6.07, 6.45) is 4.19. The highest BCUT2D eigenvalue weighted by atomic mass is 16.3. The number of fused-ring (bicyclic) bond motifs is 3. The van der Waals surface area contributed by atoms with Crippen LogP contribution in [0.1, 0.15) is 36.0 Å². The van der Waals surface area contributed by atoms with Crippen LogP contribution in [0.3, 0.4) is 0 Å². The molecule has 0 radical (unpaired) electrons. The Bertz CT molecular complexity index is 891. The summed E-state index contributed by atoms with van der Waals surface area (Å²) in [5.74, 6) is -0.838. The summed E-state index contributed by atoms with van der Waals surface area (Å²) in [4.78, 5) is 27.6. The van der Waals surface area contributed by atoms with Gasteiger partial charge in [0, 0.05) is 30.6 Å². The van der Waals surface area contributed by atoms with Gasteiger partial charge in [0.05, 0.1) is 11.1 Å². The molecule has 2 aliphatic heterocycles. The van der Waals surface area contributed by atoms with Crippen molar-refractivity contribution < 1.29 is 9.90 Å². The highest BCUT2D eigenvalue weighted by molar-refractivity contribution is 6.08. The third-order valence-electron chi connectivity index (χ3n) is 5.94. The third kappa shape index (κ3) is 2.52. The van der Waals surface area contributed by atoms with Crippen molar-refractivity contribution in [3.05, 3.63) is 40.2 Å². The van der Waals surface area contributed by atoms with E-state index in [2.05, 4.69) is 17.3 Å². The van der Waals surface area contributed by atoms with Crippen LogP contribution in [0.15, 0.2) is 29.1 Å². The largest absolute Gasteiger partial charge is 0.502 e. The number of amides is 1. The van der Waals surface area contributed by atoms with Crippen LogP contribution in [0.4, 0.5) is 0 Å². The van der Waals surface area contributed by atoms with Crippen molar-refractivity contribution in [2.45, 2.75) is 43.8 Å². The first-order chi connectivity index (χ1) is 12.0. The van der Waals surface area contributed by atoms with E-state index in [0.717, 1.165) is 12.8 Å². The number of para-hydroxylation sites is 1. The van der Waals surface area contributed by atoms with Crippen LogP contribution >= 0.6 is 0 Å². The molecule has 6 nitrogen and oxygen atoms in total. The average Bonchev–Trinajstić information content (AvgIpc) is 2.82. The van der Waals surface area contributed by atoms with Crippen molar-refractivity contribution in [2.75, 3.05) is 7.05 Å². The minimum Gasteiger partial charge on any atom is -0.502 e. The summed E-state index contributed by atoms with van der Waals surface area (Å²) in [5.41, 5.74) is 0.177. The molecule has 1 aromatic heterocycles. The normalized spacial score (nSPS) is 26.1. The fourth-order valence-corrected chi connectivity index (χ4v) is 4.50. The molecule has 2 aromatic rings. The molecule has 25 heavy (non-hydrogen) atoms. The Morgan fingerprint density at radius 2 is 1.80 bits per heavy atom. The topological polar surface area (TPSA) is 74.6 Å². The molecule has 0 aliphatic carbocycles. The van der Waals surface area contributed by atoms with Crippen LogP contribution in [-0.4, -0.2) is 45.7 Å². The quantitative estimate of drug-likeness (QED) is 0.870. The molecule has 6 heteroatoms. The maximum Gasteiger partial charge on any atom is 0.293 e. The molecule has 2 N–H and O–H groups in total. The molecule has 2 bridgehead atoms. The van der Waals surface area contributed by atoms with E-state index < -0.39 is 11.3 Å². The van der Waals surface area contributed by atoms with Crippen LogP contribution in [-0.2, 0) is 7.05 Å². The number of carbonyl (C=O) groups excluding carboxylic acids is 1. The monoisotopic (exact) mass is 341 g/mol. The van der Waals surface area contributed by atoms with Gasteiger partial charge < -0.3 is 19.9 Å². The van der Waals surface area contributed by atoms with Gasteiger partial charge in [0.15, 0.2) is 5.75 Å². The minimum atomic E-state index is -0.549. The Labute approximate surface area is 146 Å². The highest BCUT2D eigenvalue weighted by Gasteiger charge is 2.39. The van der Waals surface area contributed by atoms with Crippen molar-refractivity contribution in [3.63, 3.8) is 0 Å². The second-order valence-corrected chi connectivity index (χ2v) is 7.30. The molecule has 2 unspecified atom stereocenters. The number of aryl methyl sites for hydroxylation is 1. The number of hydrogen-bond donors (Lipinski definition) is 2. The molecular weight excluding hydrogens is 318 g/mol. The van der Waals surface area contributed by atoms with Gasteiger partial charge in [0.2, 0.25) is 0 Å². The van der Waals surface area contributed by atoms with E-state index in [0.29, 0.717) is 23.0 Å². The fraction of sp³-hybridized carbons (Fsp3) is 0.474. The Kier molecular flexibility index (Phi) is 3.80. The summed E-state index contributed by atoms with van der Waals surface area (Å²) in [7, 11) is 3.75. The standard InChI is InChI=1S/C19H23N3O3/c1-21-12-7-8-13(21)10-11(9-12)20-18(24)16-14-5-3-4-6-15(14)22(2)19(25)17(16)23/h3-6,11-13,23H,7-10H2,1-2H3,(H,20,24). The summed E-state index contributed by atoms with van der Waals surface area (Å²) in [5, 5.41) is 14.0. The van der Waals surface area contributed by atoms with Gasteiger partial charge in [-0.3, -0.25) is 9.59 Å². The molecular formula is C19H23N3O3. The van der Waals surface area contributed by atoms with Crippen LogP contribution in [0.25, 0.3) is 10.9 Å². The molecule has 0 spiro atoms. The number of hydrogen-bond acceptors (Lipinski definition) is 4. The smallest absolute Gasteiger partial charge is 0.293 e. The Balaban J connectivity index is 1.68. The average molecular weight is 341 g/mol. The number of aromatic nitrogens is 1. The third-order valence-corrected chi connectivity index (χ3v) is 5.94. The molecule has 4 rings (SSSR count). The second-order valence-electron chi connectivity index (χ2n) is 7.30.